The van der Waals surface area contributed by atoms with Crippen LogP contribution < -0.4 is 0 Å². The van der Waals surface area contributed by atoms with E-state index in [1.54, 1.807) is 0 Å². The largest absolute Gasteiger partial charge is 0.481 e. The van der Waals surface area contributed by atoms with E-state index in [0.717, 1.165) is 6.42 Å². The van der Waals surface area contributed by atoms with Gasteiger partial charge in [0.15, 0.2) is 0 Å². The number of alkyl halides is 2. The quantitative estimate of drug-likeness (QED) is 0.898. The Bertz CT molecular complexity index is 456. The Morgan fingerprint density at radius 2 is 2.06 bits per heavy atom. The first-order valence-corrected chi connectivity index (χ1v) is 5.66. The van der Waals surface area contributed by atoms with Crippen LogP contribution in [0.15, 0.2) is 18.2 Å². The van der Waals surface area contributed by atoms with Crippen molar-refractivity contribution in [1.82, 2.24) is 0 Å². The smallest absolute Gasteiger partial charge is 0.314 e. The summed E-state index contributed by atoms with van der Waals surface area (Å²) in [4.78, 5) is 11.3. The Balaban J connectivity index is 2.56. The average Bonchev–Trinajstić information content (AvgIpc) is 2.14. The number of benzene rings is 1. The average molecular weight is 261 g/mol. The van der Waals surface area contributed by atoms with Gasteiger partial charge in [0.25, 0.3) is 6.43 Å². The first-order valence-electron chi connectivity index (χ1n) is 5.29. The van der Waals surface area contributed by atoms with Gasteiger partial charge in [-0.05, 0) is 30.5 Å². The SMILES string of the molecule is O=C(O)C1(c2cc(Cl)ccc2C(F)F)CCC1. The molecule has 2 nitrogen and oxygen atoms in total. The fraction of sp³-hybridized carbons (Fsp3) is 0.417. The second-order valence-corrected chi connectivity index (χ2v) is 4.71. The molecule has 1 aliphatic rings. The lowest BCUT2D eigenvalue weighted by molar-refractivity contribution is -0.147. The highest BCUT2D eigenvalue weighted by atomic mass is 35.5. The number of carbonyl (C=O) groups is 1. The second kappa shape index (κ2) is 4.26. The van der Waals surface area contributed by atoms with Gasteiger partial charge in [0.05, 0.1) is 5.41 Å². The highest BCUT2D eigenvalue weighted by molar-refractivity contribution is 6.30. The minimum atomic E-state index is -2.68. The molecule has 0 radical (unpaired) electrons. The van der Waals surface area contributed by atoms with E-state index in [4.69, 9.17) is 11.6 Å². The summed E-state index contributed by atoms with van der Waals surface area (Å²) in [6.07, 6.45) is -1.16. The minimum absolute atomic E-state index is 0.166. The standard InChI is InChI=1S/C12H11ClF2O2/c13-7-2-3-8(10(14)15)9(6-7)12(11(16)17)4-1-5-12/h2-3,6,10H,1,4-5H2,(H,16,17). The summed E-state index contributed by atoms with van der Waals surface area (Å²) in [5, 5.41) is 9.54. The number of carboxylic acids is 1. The summed E-state index contributed by atoms with van der Waals surface area (Å²) in [6.45, 7) is 0. The molecule has 1 aliphatic carbocycles. The van der Waals surface area contributed by atoms with E-state index in [9.17, 15) is 18.7 Å². The van der Waals surface area contributed by atoms with Gasteiger partial charge < -0.3 is 5.11 Å². The molecular weight excluding hydrogens is 250 g/mol. The zero-order chi connectivity index (χ0) is 12.6. The Morgan fingerprint density at radius 1 is 1.41 bits per heavy atom. The first kappa shape index (κ1) is 12.3. The van der Waals surface area contributed by atoms with Crippen molar-refractivity contribution in [2.45, 2.75) is 31.1 Å². The van der Waals surface area contributed by atoms with Crippen LogP contribution in [0, 0.1) is 0 Å². The molecule has 0 spiro atoms. The van der Waals surface area contributed by atoms with Crippen molar-refractivity contribution in [3.8, 4) is 0 Å². The van der Waals surface area contributed by atoms with E-state index < -0.39 is 17.8 Å². The van der Waals surface area contributed by atoms with Crippen LogP contribution >= 0.6 is 11.6 Å². The summed E-state index contributed by atoms with van der Waals surface area (Å²) in [5.41, 5.74) is -1.23. The summed E-state index contributed by atoms with van der Waals surface area (Å²) in [7, 11) is 0. The maximum atomic E-state index is 12.9. The van der Waals surface area contributed by atoms with Gasteiger partial charge in [-0.2, -0.15) is 0 Å². The van der Waals surface area contributed by atoms with Crippen molar-refractivity contribution in [2.75, 3.05) is 0 Å². The zero-order valence-electron chi connectivity index (χ0n) is 8.92. The maximum Gasteiger partial charge on any atom is 0.314 e. The van der Waals surface area contributed by atoms with Crippen molar-refractivity contribution < 1.29 is 18.7 Å². The van der Waals surface area contributed by atoms with Crippen LogP contribution in [-0.2, 0) is 10.2 Å². The van der Waals surface area contributed by atoms with Gasteiger partial charge in [-0.3, -0.25) is 4.79 Å². The highest BCUT2D eigenvalue weighted by Gasteiger charge is 2.47. The van der Waals surface area contributed by atoms with E-state index in [0.29, 0.717) is 12.8 Å². The molecule has 17 heavy (non-hydrogen) atoms. The lowest BCUT2D eigenvalue weighted by atomic mass is 9.63. The number of rotatable bonds is 3. The predicted octanol–water partition coefficient (Wildman–Crippen LogP) is 3.78. The van der Waals surface area contributed by atoms with Crippen LogP contribution in [0.3, 0.4) is 0 Å². The van der Waals surface area contributed by atoms with Crippen molar-refractivity contribution in [3.05, 3.63) is 34.3 Å². The highest BCUT2D eigenvalue weighted by Crippen LogP contribution is 2.47. The van der Waals surface area contributed by atoms with E-state index in [1.807, 2.05) is 0 Å². The molecule has 1 aromatic carbocycles. The molecule has 0 saturated heterocycles. The molecule has 92 valence electrons. The molecule has 5 heteroatoms. The summed E-state index contributed by atoms with van der Waals surface area (Å²) < 4.78 is 25.8. The molecule has 1 aromatic rings. The van der Waals surface area contributed by atoms with E-state index in [1.165, 1.54) is 18.2 Å². The third-order valence-electron chi connectivity index (χ3n) is 3.38. The fourth-order valence-corrected chi connectivity index (χ4v) is 2.43. The number of hydrogen-bond donors (Lipinski definition) is 1. The van der Waals surface area contributed by atoms with Gasteiger partial charge >= 0.3 is 5.97 Å². The fourth-order valence-electron chi connectivity index (χ4n) is 2.26. The van der Waals surface area contributed by atoms with Crippen LogP contribution in [0.25, 0.3) is 0 Å². The lowest BCUT2D eigenvalue weighted by Crippen LogP contribution is -2.43. The number of aliphatic carboxylic acids is 1. The van der Waals surface area contributed by atoms with Gasteiger partial charge in [-0.25, -0.2) is 8.78 Å². The Hall–Kier alpha value is -1.16. The molecule has 0 unspecified atom stereocenters. The van der Waals surface area contributed by atoms with Crippen LogP contribution in [0.2, 0.25) is 5.02 Å². The molecule has 1 N–H and O–H groups in total. The Labute approximate surface area is 102 Å². The summed E-state index contributed by atoms with van der Waals surface area (Å²) in [5.74, 6) is -1.05. The molecule has 0 amide bonds. The van der Waals surface area contributed by atoms with Crippen molar-refractivity contribution >= 4 is 17.6 Å². The molecule has 0 aromatic heterocycles. The third-order valence-corrected chi connectivity index (χ3v) is 3.62. The molecule has 0 atom stereocenters. The minimum Gasteiger partial charge on any atom is -0.481 e. The van der Waals surface area contributed by atoms with Crippen molar-refractivity contribution in [1.29, 1.82) is 0 Å². The maximum absolute atomic E-state index is 12.9. The van der Waals surface area contributed by atoms with Crippen LogP contribution in [0.4, 0.5) is 8.78 Å². The zero-order valence-corrected chi connectivity index (χ0v) is 9.68. The van der Waals surface area contributed by atoms with Gasteiger partial charge in [0, 0.05) is 10.6 Å². The normalized spacial score (nSPS) is 17.9. The molecule has 0 bridgehead atoms. The van der Waals surface area contributed by atoms with Crippen molar-refractivity contribution in [2.24, 2.45) is 0 Å². The Kier molecular flexibility index (Phi) is 3.08. The third kappa shape index (κ3) is 1.90. The van der Waals surface area contributed by atoms with E-state index in [2.05, 4.69) is 0 Å². The molecule has 1 saturated carbocycles. The van der Waals surface area contributed by atoms with Gasteiger partial charge in [-0.15, -0.1) is 0 Å². The summed E-state index contributed by atoms with van der Waals surface area (Å²) in [6, 6.07) is 3.93. The molecule has 0 heterocycles. The van der Waals surface area contributed by atoms with Gasteiger partial charge in [0.1, 0.15) is 0 Å². The molecule has 0 aliphatic heterocycles. The summed E-state index contributed by atoms with van der Waals surface area (Å²) >= 11 is 5.78. The van der Waals surface area contributed by atoms with Crippen LogP contribution in [0.5, 0.6) is 0 Å². The van der Waals surface area contributed by atoms with E-state index >= 15 is 0 Å². The second-order valence-electron chi connectivity index (χ2n) is 4.27. The van der Waals surface area contributed by atoms with Crippen LogP contribution in [-0.4, -0.2) is 11.1 Å². The van der Waals surface area contributed by atoms with Gasteiger partial charge in [0.2, 0.25) is 0 Å². The topological polar surface area (TPSA) is 37.3 Å². The first-order chi connectivity index (χ1) is 7.97. The lowest BCUT2D eigenvalue weighted by Gasteiger charge is -2.39. The number of halogens is 3. The van der Waals surface area contributed by atoms with E-state index in [-0.39, 0.29) is 16.1 Å². The van der Waals surface area contributed by atoms with Gasteiger partial charge in [-0.1, -0.05) is 24.1 Å². The number of carboxylic acid groups (broad SMARTS) is 1. The molecule has 1 fully saturated rings. The number of hydrogen-bond acceptors (Lipinski definition) is 1. The van der Waals surface area contributed by atoms with Crippen LogP contribution in [0.1, 0.15) is 36.8 Å². The molecule has 2 rings (SSSR count). The van der Waals surface area contributed by atoms with Crippen molar-refractivity contribution in [3.63, 3.8) is 0 Å². The monoisotopic (exact) mass is 260 g/mol. The Morgan fingerprint density at radius 3 is 2.47 bits per heavy atom. The predicted molar refractivity (Wildman–Crippen MR) is 59.6 cm³/mol. The molecular formula is C12H11ClF2O2.